The zero-order chi connectivity index (χ0) is 10.3. The zero-order valence-corrected chi connectivity index (χ0v) is 9.52. The minimum absolute atomic E-state index is 0.598. The molecule has 0 atom stereocenters. The third-order valence-electron chi connectivity index (χ3n) is 2.31. The number of halogens is 2. The van der Waals surface area contributed by atoms with E-state index in [4.69, 9.17) is 23.2 Å². The number of hydrogen-bond donors (Lipinski definition) is 0. The van der Waals surface area contributed by atoms with Gasteiger partial charge in [0.2, 0.25) is 0 Å². The van der Waals surface area contributed by atoms with Gasteiger partial charge in [-0.25, -0.2) is 4.98 Å². The van der Waals surface area contributed by atoms with Crippen molar-refractivity contribution in [2.45, 2.75) is 20.3 Å². The third-order valence-corrected chi connectivity index (χ3v) is 2.80. The molecule has 2 aromatic rings. The molecule has 0 N–H and O–H groups in total. The van der Waals surface area contributed by atoms with Gasteiger partial charge in [-0.05, 0) is 19.4 Å². The van der Waals surface area contributed by atoms with E-state index in [9.17, 15) is 0 Å². The van der Waals surface area contributed by atoms with E-state index in [1.807, 2.05) is 17.5 Å². The minimum Gasteiger partial charge on any atom is -0.301 e. The molecule has 2 aromatic heterocycles. The number of pyridine rings is 1. The number of rotatable bonds is 1. The Morgan fingerprint density at radius 1 is 1.43 bits per heavy atom. The third kappa shape index (κ3) is 1.39. The molecular weight excluding hydrogens is 219 g/mol. The van der Waals surface area contributed by atoms with Crippen LogP contribution < -0.4 is 0 Å². The predicted molar refractivity (Wildman–Crippen MR) is 59.3 cm³/mol. The van der Waals surface area contributed by atoms with Crippen LogP contribution >= 0.6 is 23.2 Å². The lowest BCUT2D eigenvalue weighted by Gasteiger charge is -1.99. The fraction of sp³-hybridized carbons (Fsp3) is 0.300. The summed E-state index contributed by atoms with van der Waals surface area (Å²) in [5.41, 5.74) is 2.95. The molecule has 0 spiro atoms. The molecule has 0 fully saturated rings. The van der Waals surface area contributed by atoms with Crippen molar-refractivity contribution in [2.75, 3.05) is 0 Å². The van der Waals surface area contributed by atoms with Gasteiger partial charge >= 0.3 is 0 Å². The normalized spacial score (nSPS) is 11.1. The van der Waals surface area contributed by atoms with Gasteiger partial charge in [-0.1, -0.05) is 30.1 Å². The van der Waals surface area contributed by atoms with E-state index in [0.717, 1.165) is 23.5 Å². The van der Waals surface area contributed by atoms with Crippen LogP contribution in [0.25, 0.3) is 5.65 Å². The maximum Gasteiger partial charge on any atom is 0.156 e. The molecule has 74 valence electrons. The highest BCUT2D eigenvalue weighted by molar-refractivity contribution is 6.36. The van der Waals surface area contributed by atoms with E-state index in [0.29, 0.717) is 10.0 Å². The quantitative estimate of drug-likeness (QED) is 0.731. The van der Waals surface area contributed by atoms with E-state index in [-0.39, 0.29) is 0 Å². The zero-order valence-electron chi connectivity index (χ0n) is 8.01. The van der Waals surface area contributed by atoms with Crippen molar-refractivity contribution in [3.63, 3.8) is 0 Å². The Balaban J connectivity index is 2.85. The summed E-state index contributed by atoms with van der Waals surface area (Å²) in [7, 11) is 0. The SMILES string of the molecule is CCc1nc2c(Cl)cc(Cl)cn2c1C. The second-order valence-electron chi connectivity index (χ2n) is 3.20. The summed E-state index contributed by atoms with van der Waals surface area (Å²) >= 11 is 12.0. The van der Waals surface area contributed by atoms with Gasteiger partial charge in [0.1, 0.15) is 0 Å². The molecule has 0 saturated heterocycles. The average molecular weight is 229 g/mol. The topological polar surface area (TPSA) is 17.3 Å². The van der Waals surface area contributed by atoms with Crippen molar-refractivity contribution in [1.82, 2.24) is 9.38 Å². The highest BCUT2D eigenvalue weighted by Crippen LogP contribution is 2.24. The van der Waals surface area contributed by atoms with Crippen LogP contribution in [0.5, 0.6) is 0 Å². The molecular formula is C10H10Cl2N2. The Bertz CT molecular complexity index is 488. The van der Waals surface area contributed by atoms with Crippen molar-refractivity contribution in [1.29, 1.82) is 0 Å². The molecule has 0 radical (unpaired) electrons. The van der Waals surface area contributed by atoms with E-state index >= 15 is 0 Å². The maximum atomic E-state index is 6.04. The molecule has 0 unspecified atom stereocenters. The molecule has 0 aliphatic heterocycles. The standard InChI is InChI=1S/C10H10Cl2N2/c1-3-9-6(2)14-5-7(11)4-8(12)10(14)13-9/h4-5H,3H2,1-2H3. The summed E-state index contributed by atoms with van der Waals surface area (Å²) in [6.07, 6.45) is 2.74. The molecule has 0 aliphatic rings. The van der Waals surface area contributed by atoms with E-state index < -0.39 is 0 Å². The second kappa shape index (κ2) is 3.44. The Morgan fingerprint density at radius 3 is 2.79 bits per heavy atom. The largest absolute Gasteiger partial charge is 0.301 e. The summed E-state index contributed by atoms with van der Waals surface area (Å²) in [6.45, 7) is 4.09. The maximum absolute atomic E-state index is 6.04. The smallest absolute Gasteiger partial charge is 0.156 e. The molecule has 0 bridgehead atoms. The number of fused-ring (bicyclic) bond motifs is 1. The molecule has 2 nitrogen and oxygen atoms in total. The van der Waals surface area contributed by atoms with Gasteiger partial charge in [0.15, 0.2) is 5.65 Å². The van der Waals surface area contributed by atoms with Gasteiger partial charge in [-0.2, -0.15) is 0 Å². The number of nitrogens with zero attached hydrogens (tertiary/aromatic N) is 2. The van der Waals surface area contributed by atoms with Crippen molar-refractivity contribution in [2.24, 2.45) is 0 Å². The molecule has 0 amide bonds. The highest BCUT2D eigenvalue weighted by Gasteiger charge is 2.09. The molecule has 0 saturated carbocycles. The van der Waals surface area contributed by atoms with E-state index in [1.54, 1.807) is 6.07 Å². The van der Waals surface area contributed by atoms with Crippen LogP contribution in [0, 0.1) is 6.92 Å². The molecule has 0 aromatic carbocycles. The van der Waals surface area contributed by atoms with Crippen LogP contribution in [0.4, 0.5) is 0 Å². The van der Waals surface area contributed by atoms with Gasteiger partial charge in [-0.15, -0.1) is 0 Å². The van der Waals surface area contributed by atoms with Crippen LogP contribution in [0.1, 0.15) is 18.3 Å². The summed E-state index contributed by atoms with van der Waals surface area (Å²) in [6, 6.07) is 1.71. The number of aryl methyl sites for hydroxylation is 2. The van der Waals surface area contributed by atoms with Crippen molar-refractivity contribution < 1.29 is 0 Å². The molecule has 0 aliphatic carbocycles. The molecule has 14 heavy (non-hydrogen) atoms. The van der Waals surface area contributed by atoms with Gasteiger partial charge in [0.05, 0.1) is 15.7 Å². The van der Waals surface area contributed by atoms with E-state index in [2.05, 4.69) is 11.9 Å². The lowest BCUT2D eigenvalue weighted by molar-refractivity contribution is 1.02. The lowest BCUT2D eigenvalue weighted by atomic mass is 10.3. The van der Waals surface area contributed by atoms with Crippen molar-refractivity contribution in [3.8, 4) is 0 Å². The number of aromatic nitrogens is 2. The van der Waals surface area contributed by atoms with Crippen LogP contribution in [-0.4, -0.2) is 9.38 Å². The summed E-state index contributed by atoms with van der Waals surface area (Å²) in [5.74, 6) is 0. The molecule has 2 rings (SSSR count). The monoisotopic (exact) mass is 228 g/mol. The lowest BCUT2D eigenvalue weighted by Crippen LogP contribution is -1.88. The van der Waals surface area contributed by atoms with Gasteiger partial charge < -0.3 is 4.40 Å². The van der Waals surface area contributed by atoms with E-state index in [1.165, 1.54) is 0 Å². The first-order valence-corrected chi connectivity index (χ1v) is 5.21. The fourth-order valence-corrected chi connectivity index (χ4v) is 2.08. The predicted octanol–water partition coefficient (Wildman–Crippen LogP) is 3.51. The Hall–Kier alpha value is -0.730. The summed E-state index contributed by atoms with van der Waals surface area (Å²) in [4.78, 5) is 4.44. The van der Waals surface area contributed by atoms with Gasteiger partial charge in [0.25, 0.3) is 0 Å². The average Bonchev–Trinajstić information content (AvgIpc) is 2.44. The minimum atomic E-state index is 0.598. The fourth-order valence-electron chi connectivity index (χ4n) is 1.57. The summed E-state index contributed by atoms with van der Waals surface area (Å²) < 4.78 is 1.93. The second-order valence-corrected chi connectivity index (χ2v) is 4.04. The highest BCUT2D eigenvalue weighted by atomic mass is 35.5. The number of imidazole rings is 1. The van der Waals surface area contributed by atoms with Crippen LogP contribution in [-0.2, 0) is 6.42 Å². The summed E-state index contributed by atoms with van der Waals surface area (Å²) in [5, 5.41) is 1.23. The number of hydrogen-bond acceptors (Lipinski definition) is 1. The van der Waals surface area contributed by atoms with Crippen molar-refractivity contribution >= 4 is 28.8 Å². The van der Waals surface area contributed by atoms with Crippen molar-refractivity contribution in [3.05, 3.63) is 33.7 Å². The van der Waals surface area contributed by atoms with Crippen LogP contribution in [0.3, 0.4) is 0 Å². The first-order chi connectivity index (χ1) is 6.63. The Morgan fingerprint density at radius 2 is 2.14 bits per heavy atom. The Labute approximate surface area is 92.5 Å². The van der Waals surface area contributed by atoms with Gasteiger partial charge in [0, 0.05) is 11.9 Å². The first kappa shape index (κ1) is 9.81. The molecule has 2 heterocycles. The Kier molecular flexibility index (Phi) is 2.41. The first-order valence-electron chi connectivity index (χ1n) is 4.46. The van der Waals surface area contributed by atoms with Crippen LogP contribution in [0.2, 0.25) is 10.0 Å². The molecule has 4 heteroatoms. The van der Waals surface area contributed by atoms with Crippen LogP contribution in [0.15, 0.2) is 12.3 Å². The van der Waals surface area contributed by atoms with Gasteiger partial charge in [-0.3, -0.25) is 0 Å².